The van der Waals surface area contributed by atoms with E-state index < -0.39 is 0 Å². The summed E-state index contributed by atoms with van der Waals surface area (Å²) in [4.78, 5) is 15.1. The van der Waals surface area contributed by atoms with E-state index in [-0.39, 0.29) is 6.10 Å². The Hall–Kier alpha value is -1.63. The number of piperidine rings is 1. The van der Waals surface area contributed by atoms with Gasteiger partial charge in [0.25, 0.3) is 0 Å². The van der Waals surface area contributed by atoms with E-state index in [0.717, 1.165) is 25.7 Å². The number of aliphatic hydroxyl groups is 1. The number of hydrogen-bond donors (Lipinski definition) is 2. The summed E-state index contributed by atoms with van der Waals surface area (Å²) in [5.41, 5.74) is 0. The number of nitrogens with one attached hydrogen (secondary N) is 1. The van der Waals surface area contributed by atoms with E-state index in [1.807, 2.05) is 0 Å². The molecular formula is C12H19N5O2. The summed E-state index contributed by atoms with van der Waals surface area (Å²) >= 11 is 0. The van der Waals surface area contributed by atoms with Crippen molar-refractivity contribution in [3.8, 4) is 6.01 Å². The van der Waals surface area contributed by atoms with Gasteiger partial charge in [0.1, 0.15) is 0 Å². The Labute approximate surface area is 112 Å². The zero-order chi connectivity index (χ0) is 13.4. The molecule has 3 heterocycles. The van der Waals surface area contributed by atoms with Gasteiger partial charge in [-0.15, -0.1) is 0 Å². The molecule has 1 aromatic rings. The van der Waals surface area contributed by atoms with E-state index in [2.05, 4.69) is 25.2 Å². The Morgan fingerprint density at radius 2 is 1.89 bits per heavy atom. The fourth-order valence-corrected chi connectivity index (χ4v) is 3.14. The van der Waals surface area contributed by atoms with Gasteiger partial charge in [-0.05, 0) is 25.7 Å². The number of aromatic nitrogens is 3. The largest absolute Gasteiger partial charge is 0.467 e. The van der Waals surface area contributed by atoms with Crippen molar-refractivity contribution < 1.29 is 9.84 Å². The zero-order valence-electron chi connectivity index (χ0n) is 11.2. The quantitative estimate of drug-likeness (QED) is 0.819. The summed E-state index contributed by atoms with van der Waals surface area (Å²) in [6.07, 6.45) is 3.56. The molecule has 0 aromatic carbocycles. The van der Waals surface area contributed by atoms with Gasteiger partial charge in [0.05, 0.1) is 13.2 Å². The van der Waals surface area contributed by atoms with Gasteiger partial charge < -0.3 is 20.1 Å². The average Bonchev–Trinajstić information content (AvgIpc) is 2.70. The number of aliphatic hydroxyl groups excluding tert-OH is 1. The molecule has 7 heteroatoms. The Balaban J connectivity index is 1.94. The van der Waals surface area contributed by atoms with E-state index in [0.29, 0.717) is 30.0 Å². The Morgan fingerprint density at radius 3 is 2.47 bits per heavy atom. The number of rotatable bonds is 3. The highest BCUT2D eigenvalue weighted by atomic mass is 16.5. The van der Waals surface area contributed by atoms with E-state index >= 15 is 0 Å². The average molecular weight is 265 g/mol. The van der Waals surface area contributed by atoms with Gasteiger partial charge in [-0.2, -0.15) is 15.0 Å². The van der Waals surface area contributed by atoms with E-state index in [1.54, 1.807) is 14.2 Å². The lowest BCUT2D eigenvalue weighted by molar-refractivity contribution is 0.125. The number of hydrogen-bond acceptors (Lipinski definition) is 7. The Kier molecular flexibility index (Phi) is 3.14. The molecular weight excluding hydrogens is 246 g/mol. The van der Waals surface area contributed by atoms with Gasteiger partial charge in [-0.3, -0.25) is 0 Å². The highest BCUT2D eigenvalue weighted by Gasteiger charge is 2.41. The standard InChI is InChI=1S/C12H19N5O2/c1-13-10-14-11(16-12(15-10)19-2)17-7-3-4-8(17)6-9(18)5-7/h7-9,18H,3-6H2,1-2H3,(H,13,14,15,16). The van der Waals surface area contributed by atoms with Crippen molar-refractivity contribution in [1.82, 2.24) is 15.0 Å². The maximum atomic E-state index is 9.84. The molecule has 0 amide bonds. The molecule has 0 spiro atoms. The van der Waals surface area contributed by atoms with Crippen molar-refractivity contribution in [3.63, 3.8) is 0 Å². The third-order valence-electron chi connectivity index (χ3n) is 3.95. The van der Waals surface area contributed by atoms with Gasteiger partial charge in [-0.1, -0.05) is 0 Å². The van der Waals surface area contributed by atoms with E-state index in [4.69, 9.17) is 4.74 Å². The molecule has 0 saturated carbocycles. The van der Waals surface area contributed by atoms with Crippen molar-refractivity contribution in [2.45, 2.75) is 43.9 Å². The SMILES string of the molecule is CNc1nc(OC)nc(N2C3CCC2CC(O)C3)n1. The van der Waals surface area contributed by atoms with Crippen molar-refractivity contribution in [2.75, 3.05) is 24.4 Å². The summed E-state index contributed by atoms with van der Waals surface area (Å²) in [6.45, 7) is 0. The van der Waals surface area contributed by atoms with Gasteiger partial charge in [0, 0.05) is 19.1 Å². The van der Waals surface area contributed by atoms with Crippen LogP contribution < -0.4 is 15.0 Å². The van der Waals surface area contributed by atoms with Gasteiger partial charge >= 0.3 is 6.01 Å². The fourth-order valence-electron chi connectivity index (χ4n) is 3.14. The molecule has 104 valence electrons. The summed E-state index contributed by atoms with van der Waals surface area (Å²) in [6, 6.07) is 0.969. The minimum absolute atomic E-state index is 0.193. The molecule has 0 radical (unpaired) electrons. The minimum Gasteiger partial charge on any atom is -0.467 e. The predicted octanol–water partition coefficient (Wildman–Crippen LogP) is 0.414. The molecule has 2 bridgehead atoms. The van der Waals surface area contributed by atoms with Crippen molar-refractivity contribution in [1.29, 1.82) is 0 Å². The second kappa shape index (κ2) is 4.80. The highest BCUT2D eigenvalue weighted by molar-refractivity contribution is 5.42. The van der Waals surface area contributed by atoms with Gasteiger partial charge in [0.15, 0.2) is 0 Å². The van der Waals surface area contributed by atoms with Crippen LogP contribution in [0.25, 0.3) is 0 Å². The molecule has 2 atom stereocenters. The van der Waals surface area contributed by atoms with Crippen LogP contribution in [0.4, 0.5) is 11.9 Å². The molecule has 2 unspecified atom stereocenters. The summed E-state index contributed by atoms with van der Waals surface area (Å²) in [5, 5.41) is 12.8. The lowest BCUT2D eigenvalue weighted by Gasteiger charge is -2.37. The van der Waals surface area contributed by atoms with Gasteiger partial charge in [-0.25, -0.2) is 0 Å². The molecule has 2 saturated heterocycles. The minimum atomic E-state index is -0.193. The van der Waals surface area contributed by atoms with Crippen molar-refractivity contribution in [2.24, 2.45) is 0 Å². The molecule has 1 aromatic heterocycles. The van der Waals surface area contributed by atoms with Crippen LogP contribution in [0.2, 0.25) is 0 Å². The van der Waals surface area contributed by atoms with Crippen molar-refractivity contribution >= 4 is 11.9 Å². The van der Waals surface area contributed by atoms with Crippen LogP contribution in [0.5, 0.6) is 6.01 Å². The maximum absolute atomic E-state index is 9.84. The van der Waals surface area contributed by atoms with Crippen LogP contribution in [0.3, 0.4) is 0 Å². The Bertz CT molecular complexity index is 433. The first-order valence-corrected chi connectivity index (χ1v) is 6.65. The van der Waals surface area contributed by atoms with Crippen LogP contribution in [-0.2, 0) is 0 Å². The van der Waals surface area contributed by atoms with Gasteiger partial charge in [0.2, 0.25) is 11.9 Å². The second-order valence-corrected chi connectivity index (χ2v) is 5.11. The summed E-state index contributed by atoms with van der Waals surface area (Å²) < 4.78 is 5.12. The summed E-state index contributed by atoms with van der Waals surface area (Å²) in [7, 11) is 3.32. The number of ether oxygens (including phenoxy) is 1. The fraction of sp³-hybridized carbons (Fsp3) is 0.750. The molecule has 0 aliphatic carbocycles. The molecule has 2 N–H and O–H groups in total. The van der Waals surface area contributed by atoms with Crippen LogP contribution >= 0.6 is 0 Å². The summed E-state index contributed by atoms with van der Waals surface area (Å²) in [5.74, 6) is 1.16. The smallest absolute Gasteiger partial charge is 0.322 e. The molecule has 2 aliphatic rings. The Morgan fingerprint density at radius 1 is 1.21 bits per heavy atom. The number of anilines is 2. The van der Waals surface area contributed by atoms with E-state index in [1.165, 1.54) is 0 Å². The highest BCUT2D eigenvalue weighted by Crippen LogP contribution is 2.38. The first-order valence-electron chi connectivity index (χ1n) is 6.65. The second-order valence-electron chi connectivity index (χ2n) is 5.11. The molecule has 2 aliphatic heterocycles. The normalized spacial score (nSPS) is 29.4. The lowest BCUT2D eigenvalue weighted by atomic mass is 10.0. The first-order chi connectivity index (χ1) is 9.21. The lowest BCUT2D eigenvalue weighted by Crippen LogP contribution is -2.45. The number of methoxy groups -OCH3 is 1. The third-order valence-corrected chi connectivity index (χ3v) is 3.95. The predicted molar refractivity (Wildman–Crippen MR) is 70.5 cm³/mol. The molecule has 2 fully saturated rings. The third kappa shape index (κ3) is 2.18. The zero-order valence-corrected chi connectivity index (χ0v) is 11.2. The number of fused-ring (bicyclic) bond motifs is 2. The van der Waals surface area contributed by atoms with E-state index in [9.17, 15) is 5.11 Å². The van der Waals surface area contributed by atoms with Crippen LogP contribution in [0, 0.1) is 0 Å². The van der Waals surface area contributed by atoms with Crippen LogP contribution in [-0.4, -0.2) is 52.4 Å². The maximum Gasteiger partial charge on any atom is 0.322 e. The van der Waals surface area contributed by atoms with Crippen molar-refractivity contribution in [3.05, 3.63) is 0 Å². The van der Waals surface area contributed by atoms with Crippen LogP contribution in [0.15, 0.2) is 0 Å². The molecule has 7 nitrogen and oxygen atoms in total. The number of nitrogens with zero attached hydrogens (tertiary/aromatic N) is 4. The monoisotopic (exact) mass is 265 g/mol. The van der Waals surface area contributed by atoms with Crippen LogP contribution in [0.1, 0.15) is 25.7 Å². The molecule has 19 heavy (non-hydrogen) atoms. The topological polar surface area (TPSA) is 83.4 Å². The molecule has 3 rings (SSSR count). The first kappa shape index (κ1) is 12.4.